The second-order valence-electron chi connectivity index (χ2n) is 3.49. The minimum absolute atomic E-state index is 0.0531. The van der Waals surface area contributed by atoms with Gasteiger partial charge in [-0.25, -0.2) is 13.6 Å². The van der Waals surface area contributed by atoms with Gasteiger partial charge in [0.2, 0.25) is 0 Å². The maximum atomic E-state index is 12.8. The van der Waals surface area contributed by atoms with Gasteiger partial charge in [0.1, 0.15) is 0 Å². The number of hydrogen-bond acceptors (Lipinski definition) is 2. The van der Waals surface area contributed by atoms with Crippen LogP contribution in [0.1, 0.15) is 10.4 Å². The Bertz CT molecular complexity index is 566. The first-order valence-corrected chi connectivity index (χ1v) is 6.35. The van der Waals surface area contributed by atoms with Crippen LogP contribution in [-0.2, 0) is 4.79 Å². The third-order valence-electron chi connectivity index (χ3n) is 2.10. The first kappa shape index (κ1) is 16.9. The molecule has 0 bridgehead atoms. The average Bonchev–Trinajstić information content (AvgIpc) is 2.31. The number of benzene rings is 1. The van der Waals surface area contributed by atoms with Crippen LogP contribution in [0.25, 0.3) is 0 Å². The number of carbonyl (C=O) groups excluding carboxylic acids is 1. The normalized spacial score (nSPS) is 11.6. The van der Waals surface area contributed by atoms with E-state index in [9.17, 15) is 27.2 Å². The van der Waals surface area contributed by atoms with E-state index in [1.54, 1.807) is 0 Å². The quantitative estimate of drug-likeness (QED) is 0.726. The fourth-order valence-electron chi connectivity index (χ4n) is 1.17. The second kappa shape index (κ2) is 6.08. The van der Waals surface area contributed by atoms with E-state index in [0.717, 1.165) is 6.07 Å². The van der Waals surface area contributed by atoms with Crippen molar-refractivity contribution in [3.63, 3.8) is 0 Å². The van der Waals surface area contributed by atoms with Gasteiger partial charge in [-0.3, -0.25) is 4.79 Å². The molecule has 20 heavy (non-hydrogen) atoms. The second-order valence-corrected chi connectivity index (χ2v) is 5.26. The Morgan fingerprint density at radius 3 is 2.25 bits per heavy atom. The number of alkyl halides is 4. The van der Waals surface area contributed by atoms with E-state index in [-0.39, 0.29) is 4.47 Å². The smallest absolute Gasteiger partial charge is 0.383 e. The number of hydrogen-bond donors (Lipinski definition) is 2. The topological polar surface area (TPSA) is 66.4 Å². The highest BCUT2D eigenvalue weighted by atomic mass is 79.9. The van der Waals surface area contributed by atoms with Crippen LogP contribution < -0.4 is 5.32 Å². The first-order chi connectivity index (χ1) is 9.07. The van der Waals surface area contributed by atoms with Crippen LogP contribution in [0.5, 0.6) is 0 Å². The van der Waals surface area contributed by atoms with Crippen LogP contribution in [0.4, 0.5) is 23.2 Å². The number of rotatable bonds is 4. The molecule has 0 aliphatic heterocycles. The molecule has 0 fully saturated rings. The van der Waals surface area contributed by atoms with Gasteiger partial charge < -0.3 is 10.4 Å². The van der Waals surface area contributed by atoms with E-state index in [4.69, 9.17) is 5.11 Å². The first-order valence-electron chi connectivity index (χ1n) is 4.77. The fourth-order valence-corrected chi connectivity index (χ4v) is 2.49. The molecular weight excluding hydrogens is 418 g/mol. The predicted octanol–water partition coefficient (Wildman–Crippen LogP) is 3.75. The van der Waals surface area contributed by atoms with E-state index in [1.165, 1.54) is 11.4 Å². The van der Waals surface area contributed by atoms with Crippen molar-refractivity contribution in [2.24, 2.45) is 0 Å². The molecule has 0 unspecified atom stereocenters. The highest BCUT2D eigenvalue weighted by Gasteiger charge is 2.49. The minimum atomic E-state index is -4.93. The van der Waals surface area contributed by atoms with Crippen molar-refractivity contribution in [2.75, 3.05) is 5.32 Å². The van der Waals surface area contributed by atoms with Crippen molar-refractivity contribution in [3.05, 3.63) is 26.6 Å². The highest BCUT2D eigenvalue weighted by molar-refractivity contribution is 9.11. The summed E-state index contributed by atoms with van der Waals surface area (Å²) in [5.41, 5.74) is -1.07. The van der Waals surface area contributed by atoms with Gasteiger partial charge in [-0.1, -0.05) is 15.9 Å². The molecule has 0 heterocycles. The lowest BCUT2D eigenvalue weighted by Crippen LogP contribution is -2.41. The van der Waals surface area contributed by atoms with Crippen molar-refractivity contribution in [1.82, 2.24) is 0 Å². The van der Waals surface area contributed by atoms with Crippen LogP contribution in [-0.4, -0.2) is 29.3 Å². The minimum Gasteiger partial charge on any atom is -0.478 e. The summed E-state index contributed by atoms with van der Waals surface area (Å²) >= 11 is 5.83. The zero-order chi connectivity index (χ0) is 15.7. The molecule has 0 spiro atoms. The number of aromatic carboxylic acids is 1. The molecule has 0 saturated heterocycles. The summed E-state index contributed by atoms with van der Waals surface area (Å²) < 4.78 is 50.0. The summed E-state index contributed by atoms with van der Waals surface area (Å²) in [7, 11) is 0. The fraction of sp³-hybridized carbons (Fsp3) is 0.200. The molecule has 0 atom stereocenters. The molecule has 110 valence electrons. The number of carbonyl (C=O) groups is 2. The predicted molar refractivity (Wildman–Crippen MR) is 68.4 cm³/mol. The molecule has 2 N–H and O–H groups in total. The Morgan fingerprint density at radius 1 is 1.25 bits per heavy atom. The molecule has 1 aromatic carbocycles. The van der Waals surface area contributed by atoms with E-state index in [1.807, 2.05) is 0 Å². The van der Waals surface area contributed by atoms with Crippen molar-refractivity contribution in [1.29, 1.82) is 0 Å². The standard InChI is InChI=1S/C10H5Br2F4NO3/c11-3-1-4(7(18)19)6(5(12)2-3)17-9(20)10(15,16)8(13)14/h1-2,8H,(H,17,20)(H,18,19). The van der Waals surface area contributed by atoms with Crippen molar-refractivity contribution < 1.29 is 32.3 Å². The van der Waals surface area contributed by atoms with Crippen LogP contribution in [0.15, 0.2) is 21.1 Å². The monoisotopic (exact) mass is 421 g/mol. The van der Waals surface area contributed by atoms with Gasteiger partial charge in [0, 0.05) is 8.95 Å². The van der Waals surface area contributed by atoms with E-state index in [2.05, 4.69) is 31.9 Å². The Labute approximate surface area is 126 Å². The zero-order valence-electron chi connectivity index (χ0n) is 9.26. The lowest BCUT2D eigenvalue weighted by molar-refractivity contribution is -0.163. The third kappa shape index (κ3) is 3.48. The van der Waals surface area contributed by atoms with E-state index < -0.39 is 35.5 Å². The summed E-state index contributed by atoms with van der Waals surface area (Å²) in [5, 5.41) is 10.4. The Balaban J connectivity index is 3.22. The molecule has 0 saturated carbocycles. The van der Waals surface area contributed by atoms with Gasteiger partial charge in [-0.05, 0) is 28.1 Å². The molecule has 0 aromatic heterocycles. The maximum absolute atomic E-state index is 12.8. The molecule has 1 rings (SSSR count). The van der Waals surface area contributed by atoms with Gasteiger partial charge in [-0.2, -0.15) is 8.78 Å². The van der Waals surface area contributed by atoms with Crippen LogP contribution in [0.2, 0.25) is 0 Å². The number of amides is 1. The van der Waals surface area contributed by atoms with E-state index in [0.29, 0.717) is 4.47 Å². The lowest BCUT2D eigenvalue weighted by Gasteiger charge is -2.17. The van der Waals surface area contributed by atoms with Crippen molar-refractivity contribution >= 4 is 49.4 Å². The Kier molecular flexibility index (Phi) is 5.14. The summed E-state index contributed by atoms with van der Waals surface area (Å²) in [6.45, 7) is 0. The third-order valence-corrected chi connectivity index (χ3v) is 3.18. The number of nitrogens with one attached hydrogen (secondary N) is 1. The molecule has 0 radical (unpaired) electrons. The lowest BCUT2D eigenvalue weighted by atomic mass is 10.1. The van der Waals surface area contributed by atoms with Gasteiger partial charge >= 0.3 is 24.2 Å². The van der Waals surface area contributed by atoms with Crippen molar-refractivity contribution in [2.45, 2.75) is 12.3 Å². The molecule has 1 amide bonds. The summed E-state index contributed by atoms with van der Waals surface area (Å²) in [5.74, 6) is -8.75. The molecule has 1 aromatic rings. The molecule has 0 aliphatic rings. The van der Waals surface area contributed by atoms with Crippen molar-refractivity contribution in [3.8, 4) is 0 Å². The molecule has 4 nitrogen and oxygen atoms in total. The highest BCUT2D eigenvalue weighted by Crippen LogP contribution is 2.33. The number of carboxylic acids is 1. The zero-order valence-corrected chi connectivity index (χ0v) is 12.4. The van der Waals surface area contributed by atoms with Gasteiger partial charge in [0.15, 0.2) is 0 Å². The van der Waals surface area contributed by atoms with Crippen LogP contribution >= 0.6 is 31.9 Å². The van der Waals surface area contributed by atoms with E-state index >= 15 is 0 Å². The summed E-state index contributed by atoms with van der Waals surface area (Å²) in [6, 6.07) is 2.30. The number of halogens is 6. The summed E-state index contributed by atoms with van der Waals surface area (Å²) in [6.07, 6.45) is -4.20. The van der Waals surface area contributed by atoms with Gasteiger partial charge in [0.05, 0.1) is 11.3 Å². The molecule has 0 aliphatic carbocycles. The average molecular weight is 423 g/mol. The Hall–Kier alpha value is -1.16. The largest absolute Gasteiger partial charge is 0.478 e. The summed E-state index contributed by atoms with van der Waals surface area (Å²) in [4.78, 5) is 22.1. The molecule has 10 heteroatoms. The van der Waals surface area contributed by atoms with Crippen LogP contribution in [0.3, 0.4) is 0 Å². The molecular formula is C10H5Br2F4NO3. The maximum Gasteiger partial charge on any atom is 0.383 e. The SMILES string of the molecule is O=C(O)c1cc(Br)cc(Br)c1NC(=O)C(F)(F)C(F)F. The van der Waals surface area contributed by atoms with Crippen LogP contribution in [0, 0.1) is 0 Å². The van der Waals surface area contributed by atoms with Gasteiger partial charge in [0.25, 0.3) is 0 Å². The van der Waals surface area contributed by atoms with Gasteiger partial charge in [-0.15, -0.1) is 0 Å². The Morgan fingerprint density at radius 2 is 1.80 bits per heavy atom. The number of anilines is 1. The number of carboxylic acid groups (broad SMARTS) is 1.